The average Bonchev–Trinajstić information content (AvgIpc) is 2.93. The number of aromatic nitrogens is 4. The first-order valence-electron chi connectivity index (χ1n) is 5.85. The normalized spacial score (nSPS) is 11.3. The third-order valence-electron chi connectivity index (χ3n) is 3.26. The maximum absolute atomic E-state index is 5.76. The number of rotatable bonds is 2. The number of nitrogens with zero attached hydrogens (tertiary/aromatic N) is 4. The van der Waals surface area contributed by atoms with E-state index in [4.69, 9.17) is 10.7 Å². The van der Waals surface area contributed by atoms with Gasteiger partial charge in [-0.1, -0.05) is 12.1 Å². The van der Waals surface area contributed by atoms with Crippen LogP contribution in [0.4, 0.5) is 0 Å². The number of hydrogen-bond donors (Lipinski definition) is 1. The van der Waals surface area contributed by atoms with Crippen molar-refractivity contribution in [3.8, 4) is 11.5 Å². The van der Waals surface area contributed by atoms with Crippen LogP contribution in [0.3, 0.4) is 0 Å². The van der Waals surface area contributed by atoms with E-state index in [0.717, 1.165) is 28.1 Å². The Balaban J connectivity index is 2.32. The Morgan fingerprint density at radius 2 is 2.06 bits per heavy atom. The van der Waals surface area contributed by atoms with Crippen LogP contribution in [-0.4, -0.2) is 19.3 Å². The highest BCUT2D eigenvalue weighted by Gasteiger charge is 2.14. The molecule has 2 N–H and O–H groups in total. The van der Waals surface area contributed by atoms with Gasteiger partial charge in [0.1, 0.15) is 5.69 Å². The Bertz CT molecular complexity index is 707. The third kappa shape index (κ3) is 1.44. The topological polar surface area (TPSA) is 61.7 Å². The van der Waals surface area contributed by atoms with E-state index >= 15 is 0 Å². The molecule has 1 aromatic carbocycles. The zero-order chi connectivity index (χ0) is 12.7. The minimum Gasteiger partial charge on any atom is -0.326 e. The van der Waals surface area contributed by atoms with Crippen molar-refractivity contribution < 1.29 is 0 Å². The van der Waals surface area contributed by atoms with Gasteiger partial charge in [0.05, 0.1) is 11.0 Å². The zero-order valence-corrected chi connectivity index (χ0v) is 10.5. The lowest BCUT2D eigenvalue weighted by atomic mass is 10.2. The Morgan fingerprint density at radius 3 is 2.72 bits per heavy atom. The molecule has 3 aromatic rings. The van der Waals surface area contributed by atoms with Crippen molar-refractivity contribution in [1.82, 2.24) is 19.3 Å². The maximum Gasteiger partial charge on any atom is 0.159 e. The summed E-state index contributed by atoms with van der Waals surface area (Å²) in [5.74, 6) is 0.908. The zero-order valence-electron chi connectivity index (χ0n) is 10.5. The summed E-state index contributed by atoms with van der Waals surface area (Å²) < 4.78 is 3.90. The molecule has 5 heteroatoms. The van der Waals surface area contributed by atoms with Crippen LogP contribution in [0.15, 0.2) is 30.5 Å². The van der Waals surface area contributed by atoms with E-state index in [1.54, 1.807) is 6.20 Å². The van der Waals surface area contributed by atoms with Crippen molar-refractivity contribution in [2.45, 2.75) is 6.54 Å². The van der Waals surface area contributed by atoms with Gasteiger partial charge in [0.25, 0.3) is 0 Å². The number of benzene rings is 1. The Morgan fingerprint density at radius 1 is 1.22 bits per heavy atom. The Labute approximate surface area is 105 Å². The van der Waals surface area contributed by atoms with Crippen molar-refractivity contribution in [3.05, 3.63) is 36.0 Å². The molecule has 0 saturated carbocycles. The summed E-state index contributed by atoms with van der Waals surface area (Å²) in [6.45, 7) is 0.499. The summed E-state index contributed by atoms with van der Waals surface area (Å²) in [5, 5.41) is 4.19. The molecule has 0 aliphatic carbocycles. The molecular weight excluding hydrogens is 226 g/mol. The van der Waals surface area contributed by atoms with Gasteiger partial charge < -0.3 is 10.3 Å². The molecule has 0 fully saturated rings. The summed E-state index contributed by atoms with van der Waals surface area (Å²) >= 11 is 0. The fraction of sp³-hybridized carbons (Fsp3) is 0.231. The monoisotopic (exact) mass is 241 g/mol. The Hall–Kier alpha value is -2.14. The second kappa shape index (κ2) is 3.96. The predicted octanol–water partition coefficient (Wildman–Crippen LogP) is 1.43. The Kier molecular flexibility index (Phi) is 2.41. The van der Waals surface area contributed by atoms with Crippen LogP contribution in [0.25, 0.3) is 22.6 Å². The fourth-order valence-corrected chi connectivity index (χ4v) is 2.26. The largest absolute Gasteiger partial charge is 0.326 e. The van der Waals surface area contributed by atoms with Crippen molar-refractivity contribution in [2.24, 2.45) is 19.8 Å². The smallest absolute Gasteiger partial charge is 0.159 e. The molecule has 0 radical (unpaired) electrons. The highest BCUT2D eigenvalue weighted by atomic mass is 15.3. The molecule has 5 nitrogen and oxygen atoms in total. The number of imidazole rings is 1. The molecule has 3 rings (SSSR count). The number of para-hydroxylation sites is 1. The van der Waals surface area contributed by atoms with Crippen LogP contribution in [-0.2, 0) is 20.6 Å². The summed E-state index contributed by atoms with van der Waals surface area (Å²) in [5.41, 5.74) is 9.88. The molecule has 0 saturated heterocycles. The van der Waals surface area contributed by atoms with Gasteiger partial charge in [-0.25, -0.2) is 4.98 Å². The van der Waals surface area contributed by atoms with Gasteiger partial charge in [0, 0.05) is 26.8 Å². The van der Waals surface area contributed by atoms with E-state index in [1.165, 1.54) is 0 Å². The van der Waals surface area contributed by atoms with Gasteiger partial charge in [-0.15, -0.1) is 0 Å². The van der Waals surface area contributed by atoms with Crippen LogP contribution in [0.1, 0.15) is 5.56 Å². The minimum absolute atomic E-state index is 0.499. The number of hydrogen-bond acceptors (Lipinski definition) is 3. The van der Waals surface area contributed by atoms with Crippen molar-refractivity contribution >= 4 is 11.0 Å². The molecule has 0 bridgehead atoms. The first-order chi connectivity index (χ1) is 8.72. The number of nitrogens with two attached hydrogens (primary N) is 1. The molecule has 0 spiro atoms. The lowest BCUT2D eigenvalue weighted by Gasteiger charge is -2.02. The number of fused-ring (bicyclic) bond motifs is 1. The molecule has 0 aliphatic rings. The van der Waals surface area contributed by atoms with Gasteiger partial charge in [0.2, 0.25) is 0 Å². The van der Waals surface area contributed by atoms with Crippen LogP contribution < -0.4 is 5.73 Å². The molecule has 18 heavy (non-hydrogen) atoms. The van der Waals surface area contributed by atoms with Crippen molar-refractivity contribution in [1.29, 1.82) is 0 Å². The quantitative estimate of drug-likeness (QED) is 0.738. The summed E-state index contributed by atoms with van der Waals surface area (Å²) in [6, 6.07) is 8.05. The average molecular weight is 241 g/mol. The van der Waals surface area contributed by atoms with E-state index in [1.807, 2.05) is 37.0 Å². The second-order valence-corrected chi connectivity index (χ2v) is 4.32. The molecule has 0 aliphatic heterocycles. The van der Waals surface area contributed by atoms with E-state index in [2.05, 4.69) is 15.7 Å². The number of aryl methyl sites for hydroxylation is 2. The van der Waals surface area contributed by atoms with E-state index in [-0.39, 0.29) is 0 Å². The highest BCUT2D eigenvalue weighted by Crippen LogP contribution is 2.25. The summed E-state index contributed by atoms with van der Waals surface area (Å²) in [7, 11) is 3.93. The minimum atomic E-state index is 0.499. The lowest BCUT2D eigenvalue weighted by Crippen LogP contribution is -1.99. The van der Waals surface area contributed by atoms with Gasteiger partial charge in [0.15, 0.2) is 5.82 Å². The molecule has 0 amide bonds. The lowest BCUT2D eigenvalue weighted by molar-refractivity contribution is 0.764. The molecule has 0 unspecified atom stereocenters. The maximum atomic E-state index is 5.76. The SMILES string of the molecule is Cn1nccc1-c1nc2c(CN)cccc2n1C. The summed E-state index contributed by atoms with van der Waals surface area (Å²) in [4.78, 5) is 4.71. The van der Waals surface area contributed by atoms with Gasteiger partial charge in [-0.3, -0.25) is 4.68 Å². The second-order valence-electron chi connectivity index (χ2n) is 4.32. The first-order valence-corrected chi connectivity index (χ1v) is 5.85. The summed E-state index contributed by atoms with van der Waals surface area (Å²) in [6.07, 6.45) is 1.78. The molecule has 0 atom stereocenters. The molecular formula is C13H15N5. The highest BCUT2D eigenvalue weighted by molar-refractivity contribution is 5.83. The van der Waals surface area contributed by atoms with Crippen LogP contribution in [0, 0.1) is 0 Å². The van der Waals surface area contributed by atoms with E-state index < -0.39 is 0 Å². The van der Waals surface area contributed by atoms with Gasteiger partial charge >= 0.3 is 0 Å². The van der Waals surface area contributed by atoms with Crippen LogP contribution >= 0.6 is 0 Å². The standard InChI is InChI=1S/C13H15N5/c1-17-10-5-3-4-9(8-14)12(10)16-13(17)11-6-7-15-18(11)2/h3-7H,8,14H2,1-2H3. The van der Waals surface area contributed by atoms with Crippen molar-refractivity contribution in [3.63, 3.8) is 0 Å². The van der Waals surface area contributed by atoms with Gasteiger partial charge in [-0.05, 0) is 17.7 Å². The first kappa shape index (κ1) is 11.0. The molecule has 2 heterocycles. The molecule has 2 aromatic heterocycles. The third-order valence-corrected chi connectivity index (χ3v) is 3.26. The fourth-order valence-electron chi connectivity index (χ4n) is 2.26. The predicted molar refractivity (Wildman–Crippen MR) is 70.8 cm³/mol. The van der Waals surface area contributed by atoms with Crippen molar-refractivity contribution in [2.75, 3.05) is 0 Å². The molecule has 92 valence electrons. The van der Waals surface area contributed by atoms with Gasteiger partial charge in [-0.2, -0.15) is 5.10 Å². The van der Waals surface area contributed by atoms with E-state index in [0.29, 0.717) is 6.54 Å². The van der Waals surface area contributed by atoms with Crippen LogP contribution in [0.2, 0.25) is 0 Å². The van der Waals surface area contributed by atoms with E-state index in [9.17, 15) is 0 Å². The van der Waals surface area contributed by atoms with Crippen LogP contribution in [0.5, 0.6) is 0 Å².